The Bertz CT molecular complexity index is 255. The van der Waals surface area contributed by atoms with Crippen molar-refractivity contribution in [3.8, 4) is 0 Å². The van der Waals surface area contributed by atoms with Crippen molar-refractivity contribution in [2.24, 2.45) is 5.73 Å². The molecule has 0 heterocycles. The molecule has 0 rings (SSSR count). The average molecular weight is 315 g/mol. The minimum atomic E-state index is -0.670. The molecule has 0 bridgehead atoms. The van der Waals surface area contributed by atoms with Crippen molar-refractivity contribution < 1.29 is 14.7 Å². The van der Waals surface area contributed by atoms with Gasteiger partial charge in [0.25, 0.3) is 0 Å². The highest BCUT2D eigenvalue weighted by Crippen LogP contribution is 2.07. The molecule has 22 heavy (non-hydrogen) atoms. The first kappa shape index (κ1) is 23.2. The minimum absolute atomic E-state index is 0.163. The number of carbonyl (C=O) groups excluding carboxylic acids is 1. The first-order valence-electron chi connectivity index (χ1n) is 9.04. The Morgan fingerprint density at radius 1 is 0.682 bits per heavy atom. The van der Waals surface area contributed by atoms with Crippen LogP contribution < -0.4 is 5.73 Å². The fraction of sp³-hybridized carbons (Fsp3) is 0.889. The molecule has 0 atom stereocenters. The van der Waals surface area contributed by atoms with Crippen molar-refractivity contribution in [2.75, 3.05) is 0 Å². The van der Waals surface area contributed by atoms with E-state index in [9.17, 15) is 9.59 Å². The summed E-state index contributed by atoms with van der Waals surface area (Å²) >= 11 is 0. The molecular weight excluding hydrogens is 278 g/mol. The minimum Gasteiger partial charge on any atom is -0.481 e. The van der Waals surface area contributed by atoms with Crippen LogP contribution in [0, 0.1) is 0 Å². The van der Waals surface area contributed by atoms with Gasteiger partial charge in [0.2, 0.25) is 5.91 Å². The highest BCUT2D eigenvalue weighted by molar-refractivity contribution is 5.73. The molecule has 0 aliphatic rings. The van der Waals surface area contributed by atoms with Gasteiger partial charge >= 0.3 is 5.97 Å². The van der Waals surface area contributed by atoms with Crippen LogP contribution >= 0.6 is 0 Å². The molecule has 0 unspecified atom stereocenters. The maximum Gasteiger partial charge on any atom is 0.303 e. The second kappa shape index (κ2) is 19.9. The molecule has 0 aromatic heterocycles. The van der Waals surface area contributed by atoms with Gasteiger partial charge in [0, 0.05) is 12.8 Å². The summed E-state index contributed by atoms with van der Waals surface area (Å²) < 4.78 is 0. The molecule has 132 valence electrons. The van der Waals surface area contributed by atoms with E-state index >= 15 is 0 Å². The summed E-state index contributed by atoms with van der Waals surface area (Å²) in [5, 5.41) is 8.27. The summed E-state index contributed by atoms with van der Waals surface area (Å²) in [5.74, 6) is -0.833. The fourth-order valence-corrected chi connectivity index (χ4v) is 2.14. The molecule has 0 aromatic carbocycles. The van der Waals surface area contributed by atoms with Gasteiger partial charge in [-0.25, -0.2) is 0 Å². The zero-order valence-electron chi connectivity index (χ0n) is 14.7. The maximum absolute atomic E-state index is 10.4. The van der Waals surface area contributed by atoms with Gasteiger partial charge in [0.05, 0.1) is 0 Å². The van der Waals surface area contributed by atoms with Gasteiger partial charge in [0.1, 0.15) is 0 Å². The summed E-state index contributed by atoms with van der Waals surface area (Å²) in [4.78, 5) is 20.4. The Balaban J connectivity index is 0. The Morgan fingerprint density at radius 3 is 1.41 bits per heavy atom. The van der Waals surface area contributed by atoms with Crippen LogP contribution in [0.15, 0.2) is 0 Å². The first-order valence-corrected chi connectivity index (χ1v) is 9.04. The number of hydrogen-bond acceptors (Lipinski definition) is 2. The largest absolute Gasteiger partial charge is 0.481 e. The Morgan fingerprint density at radius 2 is 1.05 bits per heavy atom. The van der Waals surface area contributed by atoms with E-state index < -0.39 is 5.97 Å². The Hall–Kier alpha value is -1.06. The van der Waals surface area contributed by atoms with Crippen LogP contribution in [0.3, 0.4) is 0 Å². The molecule has 0 fully saturated rings. The summed E-state index contributed by atoms with van der Waals surface area (Å²) in [7, 11) is 0. The second-order valence-corrected chi connectivity index (χ2v) is 5.90. The summed E-state index contributed by atoms with van der Waals surface area (Å²) in [6, 6.07) is 0. The smallest absolute Gasteiger partial charge is 0.303 e. The number of unbranched alkanes of at least 4 members (excludes halogenated alkanes) is 10. The molecule has 4 heteroatoms. The standard InChI is InChI=1S/C10H21NO.C8H16O2/c1-2-3-4-5-6-7-8-9-10(11)12;1-2-3-4-5-6-7-8(9)10/h2-9H2,1H3,(H2,11,12);2-7H2,1H3,(H,9,10). The molecule has 0 aromatic rings. The van der Waals surface area contributed by atoms with Crippen LogP contribution in [0.25, 0.3) is 0 Å². The van der Waals surface area contributed by atoms with Crippen molar-refractivity contribution in [1.82, 2.24) is 0 Å². The van der Waals surface area contributed by atoms with Crippen molar-refractivity contribution in [3.05, 3.63) is 0 Å². The summed E-state index contributed by atoms with van der Waals surface area (Å²) in [6.45, 7) is 4.37. The molecule has 4 nitrogen and oxygen atoms in total. The lowest BCUT2D eigenvalue weighted by Gasteiger charge is -1.98. The van der Waals surface area contributed by atoms with E-state index in [1.807, 2.05) is 0 Å². The molecule has 3 N–H and O–H groups in total. The third-order valence-corrected chi connectivity index (χ3v) is 3.52. The molecule has 0 aliphatic heterocycles. The third-order valence-electron chi connectivity index (χ3n) is 3.52. The average Bonchev–Trinajstić information content (AvgIpc) is 2.46. The van der Waals surface area contributed by atoms with Crippen LogP contribution in [-0.2, 0) is 9.59 Å². The number of rotatable bonds is 14. The zero-order valence-corrected chi connectivity index (χ0v) is 14.7. The van der Waals surface area contributed by atoms with Gasteiger partial charge in [-0.05, 0) is 12.8 Å². The lowest BCUT2D eigenvalue weighted by molar-refractivity contribution is -0.137. The van der Waals surface area contributed by atoms with Gasteiger partial charge in [-0.15, -0.1) is 0 Å². The van der Waals surface area contributed by atoms with Gasteiger partial charge in [-0.2, -0.15) is 0 Å². The maximum atomic E-state index is 10.4. The molecule has 0 aliphatic carbocycles. The molecular formula is C18H37NO3. The molecule has 0 spiro atoms. The van der Waals surface area contributed by atoms with Crippen molar-refractivity contribution in [1.29, 1.82) is 0 Å². The quantitative estimate of drug-likeness (QED) is 0.440. The second-order valence-electron chi connectivity index (χ2n) is 5.90. The van der Waals surface area contributed by atoms with Gasteiger partial charge in [-0.3, -0.25) is 9.59 Å². The predicted octanol–water partition coefficient (Wildman–Crippen LogP) is 5.04. The first-order chi connectivity index (χ1) is 10.5. The van der Waals surface area contributed by atoms with Crippen LogP contribution in [-0.4, -0.2) is 17.0 Å². The van der Waals surface area contributed by atoms with Crippen molar-refractivity contribution in [3.63, 3.8) is 0 Å². The molecule has 0 saturated heterocycles. The number of amides is 1. The number of carbonyl (C=O) groups is 2. The van der Waals surface area contributed by atoms with E-state index in [0.29, 0.717) is 12.8 Å². The monoisotopic (exact) mass is 315 g/mol. The summed E-state index contributed by atoms with van der Waals surface area (Å²) in [6.07, 6.45) is 15.1. The van der Waals surface area contributed by atoms with E-state index in [1.165, 1.54) is 51.4 Å². The topological polar surface area (TPSA) is 80.4 Å². The highest BCUT2D eigenvalue weighted by atomic mass is 16.4. The molecule has 0 radical (unpaired) electrons. The van der Waals surface area contributed by atoms with Gasteiger partial charge in [-0.1, -0.05) is 78.1 Å². The van der Waals surface area contributed by atoms with Gasteiger partial charge < -0.3 is 10.8 Å². The van der Waals surface area contributed by atoms with Crippen molar-refractivity contribution >= 4 is 11.9 Å². The number of nitrogens with two attached hydrogens (primary N) is 1. The molecule has 1 amide bonds. The van der Waals surface area contributed by atoms with Crippen LogP contribution in [0.5, 0.6) is 0 Å². The van der Waals surface area contributed by atoms with Crippen molar-refractivity contribution in [2.45, 2.75) is 104 Å². The van der Waals surface area contributed by atoms with Crippen LogP contribution in [0.2, 0.25) is 0 Å². The predicted molar refractivity (Wildman–Crippen MR) is 92.8 cm³/mol. The van der Waals surface area contributed by atoms with Crippen LogP contribution in [0.1, 0.15) is 104 Å². The Labute approximate surface area is 136 Å². The molecule has 0 saturated carbocycles. The number of hydrogen-bond donors (Lipinski definition) is 2. The number of aliphatic carboxylic acids is 1. The Kier molecular flexibility index (Phi) is 21.0. The van der Waals surface area contributed by atoms with E-state index in [0.717, 1.165) is 25.7 Å². The zero-order chi connectivity index (χ0) is 17.1. The number of carboxylic acid groups (broad SMARTS) is 1. The van der Waals surface area contributed by atoms with Crippen LogP contribution in [0.4, 0.5) is 0 Å². The lowest BCUT2D eigenvalue weighted by atomic mass is 10.1. The fourth-order valence-electron chi connectivity index (χ4n) is 2.14. The van der Waals surface area contributed by atoms with E-state index in [1.54, 1.807) is 0 Å². The highest BCUT2D eigenvalue weighted by Gasteiger charge is 1.95. The van der Waals surface area contributed by atoms with E-state index in [2.05, 4.69) is 13.8 Å². The van der Waals surface area contributed by atoms with E-state index in [4.69, 9.17) is 10.8 Å². The van der Waals surface area contributed by atoms with Gasteiger partial charge in [0.15, 0.2) is 0 Å². The normalized spacial score (nSPS) is 9.91. The third kappa shape index (κ3) is 27.3. The number of primary amides is 1. The summed E-state index contributed by atoms with van der Waals surface area (Å²) in [5.41, 5.74) is 5.02. The SMILES string of the molecule is CCCCCCCC(=O)O.CCCCCCCCCC(N)=O. The number of carboxylic acids is 1. The lowest BCUT2D eigenvalue weighted by Crippen LogP contribution is -2.09. The van der Waals surface area contributed by atoms with E-state index in [-0.39, 0.29) is 5.91 Å².